The summed E-state index contributed by atoms with van der Waals surface area (Å²) in [6.45, 7) is 0.0187. The molecule has 9 heteroatoms. The first-order valence-electron chi connectivity index (χ1n) is 7.41. The molecule has 1 aromatic heterocycles. The fraction of sp³-hybridized carbons (Fsp3) is 0.250. The highest BCUT2D eigenvalue weighted by Gasteiger charge is 2.20. The van der Waals surface area contributed by atoms with Gasteiger partial charge in [-0.3, -0.25) is 10.0 Å². The zero-order valence-corrected chi connectivity index (χ0v) is 13.4. The summed E-state index contributed by atoms with van der Waals surface area (Å²) in [5.41, 5.74) is 2.59. The largest absolute Gasteiger partial charge is 0.505 e. The van der Waals surface area contributed by atoms with Crippen LogP contribution in [-0.2, 0) is 13.2 Å². The smallest absolute Gasteiger partial charge is 0.297 e. The number of carbonyl (C=O) groups excluding carboxylic acids is 1. The standard InChI is InChI=1S/C16H17N3O6/c1-19(10-2-3-12-13(4-10)25-8-24-12)6-9-5-17-14(16(22)18-23)15(21)11(9)7-20/h2-5,20-21,23H,6-8H2,1H3,(H,18,22). The number of hydrogen-bond donors (Lipinski definition) is 4. The van der Waals surface area contributed by atoms with Crippen molar-refractivity contribution in [3.8, 4) is 17.2 Å². The summed E-state index contributed by atoms with van der Waals surface area (Å²) in [6.07, 6.45) is 1.37. The first-order chi connectivity index (χ1) is 12.0. The van der Waals surface area contributed by atoms with Crippen molar-refractivity contribution in [2.75, 3.05) is 18.7 Å². The van der Waals surface area contributed by atoms with Crippen molar-refractivity contribution in [2.45, 2.75) is 13.2 Å². The minimum absolute atomic E-state index is 0.168. The Balaban J connectivity index is 1.87. The van der Waals surface area contributed by atoms with Gasteiger partial charge in [-0.1, -0.05) is 0 Å². The molecule has 0 unspecified atom stereocenters. The van der Waals surface area contributed by atoms with E-state index in [0.717, 1.165) is 5.69 Å². The zero-order valence-electron chi connectivity index (χ0n) is 13.4. The van der Waals surface area contributed by atoms with Crippen molar-refractivity contribution < 1.29 is 29.7 Å². The number of aliphatic hydroxyl groups excluding tert-OH is 1. The van der Waals surface area contributed by atoms with Crippen LogP contribution in [-0.4, -0.2) is 40.2 Å². The number of rotatable bonds is 5. The first-order valence-corrected chi connectivity index (χ1v) is 7.41. The summed E-state index contributed by atoms with van der Waals surface area (Å²) in [6, 6.07) is 5.47. The number of hydrogen-bond acceptors (Lipinski definition) is 8. The van der Waals surface area contributed by atoms with Gasteiger partial charge in [0.05, 0.1) is 6.61 Å². The highest BCUT2D eigenvalue weighted by Crippen LogP contribution is 2.36. The predicted octanol–water partition coefficient (Wildman–Crippen LogP) is 0.764. The maximum Gasteiger partial charge on any atom is 0.297 e. The van der Waals surface area contributed by atoms with Crippen LogP contribution < -0.4 is 19.9 Å². The average Bonchev–Trinajstić information content (AvgIpc) is 3.09. The van der Waals surface area contributed by atoms with E-state index in [9.17, 15) is 15.0 Å². The van der Waals surface area contributed by atoms with Gasteiger partial charge < -0.3 is 24.6 Å². The lowest BCUT2D eigenvalue weighted by Crippen LogP contribution is -2.22. The third kappa shape index (κ3) is 3.14. The second-order valence-electron chi connectivity index (χ2n) is 5.45. The van der Waals surface area contributed by atoms with Gasteiger partial charge in [0, 0.05) is 37.1 Å². The number of aliphatic hydroxyl groups is 1. The molecule has 4 N–H and O–H groups in total. The minimum atomic E-state index is -0.956. The van der Waals surface area contributed by atoms with Gasteiger partial charge in [-0.2, -0.15) is 0 Å². The summed E-state index contributed by atoms with van der Waals surface area (Å²) >= 11 is 0. The number of aromatic nitrogens is 1. The molecular weight excluding hydrogens is 330 g/mol. The Hall–Kier alpha value is -3.04. The van der Waals surface area contributed by atoms with Crippen LogP contribution >= 0.6 is 0 Å². The number of aromatic hydroxyl groups is 1. The van der Waals surface area contributed by atoms with Gasteiger partial charge in [0.15, 0.2) is 22.9 Å². The van der Waals surface area contributed by atoms with Crippen LogP contribution in [0.4, 0.5) is 5.69 Å². The lowest BCUT2D eigenvalue weighted by Gasteiger charge is -2.21. The highest BCUT2D eigenvalue weighted by atomic mass is 16.7. The molecule has 2 aromatic rings. The number of carbonyl (C=O) groups is 1. The number of hydroxylamine groups is 1. The molecule has 0 saturated heterocycles. The average molecular weight is 347 g/mol. The molecule has 0 spiro atoms. The van der Waals surface area contributed by atoms with Crippen LogP contribution in [0, 0.1) is 0 Å². The molecule has 0 atom stereocenters. The molecule has 0 saturated carbocycles. The molecule has 132 valence electrons. The van der Waals surface area contributed by atoms with Crippen molar-refractivity contribution in [1.29, 1.82) is 0 Å². The number of anilines is 1. The molecule has 0 fully saturated rings. The molecule has 1 aliphatic rings. The number of nitrogens with zero attached hydrogens (tertiary/aromatic N) is 2. The molecule has 9 nitrogen and oxygen atoms in total. The van der Waals surface area contributed by atoms with Gasteiger partial charge in [-0.05, 0) is 17.7 Å². The third-order valence-corrected chi connectivity index (χ3v) is 3.93. The van der Waals surface area contributed by atoms with Crippen molar-refractivity contribution in [2.24, 2.45) is 0 Å². The fourth-order valence-electron chi connectivity index (χ4n) is 2.58. The number of pyridine rings is 1. The molecule has 25 heavy (non-hydrogen) atoms. The SMILES string of the molecule is CN(Cc1cnc(C(=O)NO)c(O)c1CO)c1ccc2c(c1)OCO2. The molecule has 1 aromatic carbocycles. The minimum Gasteiger partial charge on any atom is -0.505 e. The fourth-order valence-corrected chi connectivity index (χ4v) is 2.58. The molecule has 0 aliphatic carbocycles. The second kappa shape index (κ2) is 6.83. The molecule has 1 aliphatic heterocycles. The van der Waals surface area contributed by atoms with Crippen LogP contribution in [0.5, 0.6) is 17.2 Å². The van der Waals surface area contributed by atoms with Crippen molar-refractivity contribution >= 4 is 11.6 Å². The Kier molecular flexibility index (Phi) is 4.59. The summed E-state index contributed by atoms with van der Waals surface area (Å²) in [7, 11) is 1.82. The van der Waals surface area contributed by atoms with E-state index in [4.69, 9.17) is 14.7 Å². The summed E-state index contributed by atoms with van der Waals surface area (Å²) in [5.74, 6) is -0.108. The molecule has 2 heterocycles. The van der Waals surface area contributed by atoms with Gasteiger partial charge >= 0.3 is 0 Å². The van der Waals surface area contributed by atoms with Gasteiger partial charge in [0.1, 0.15) is 0 Å². The van der Waals surface area contributed by atoms with E-state index in [1.54, 1.807) is 6.07 Å². The van der Waals surface area contributed by atoms with Gasteiger partial charge in [-0.25, -0.2) is 10.5 Å². The van der Waals surface area contributed by atoms with Crippen LogP contribution in [0.25, 0.3) is 0 Å². The van der Waals surface area contributed by atoms with Crippen LogP contribution in [0.3, 0.4) is 0 Å². The van der Waals surface area contributed by atoms with E-state index in [-0.39, 0.29) is 18.1 Å². The maximum atomic E-state index is 11.5. The Morgan fingerprint density at radius 1 is 1.36 bits per heavy atom. The van der Waals surface area contributed by atoms with Gasteiger partial charge in [-0.15, -0.1) is 0 Å². The first kappa shape index (κ1) is 16.8. The quantitative estimate of drug-likeness (QED) is 0.462. The maximum absolute atomic E-state index is 11.5. The molecule has 3 rings (SSSR count). The highest BCUT2D eigenvalue weighted by molar-refractivity contribution is 5.94. The van der Waals surface area contributed by atoms with Crippen LogP contribution in [0.1, 0.15) is 21.6 Å². The van der Waals surface area contributed by atoms with E-state index in [2.05, 4.69) is 4.98 Å². The van der Waals surface area contributed by atoms with Gasteiger partial charge in [0.25, 0.3) is 5.91 Å². The topological polar surface area (TPSA) is 124 Å². The van der Waals surface area contributed by atoms with E-state index < -0.39 is 18.3 Å². The number of ether oxygens (including phenoxy) is 2. The Morgan fingerprint density at radius 3 is 2.84 bits per heavy atom. The lowest BCUT2D eigenvalue weighted by molar-refractivity contribution is 0.0697. The van der Waals surface area contributed by atoms with Crippen LogP contribution in [0.2, 0.25) is 0 Å². The summed E-state index contributed by atoms with van der Waals surface area (Å²) in [5, 5.41) is 28.4. The molecule has 1 amide bonds. The summed E-state index contributed by atoms with van der Waals surface area (Å²) < 4.78 is 10.6. The van der Waals surface area contributed by atoms with Gasteiger partial charge in [0.2, 0.25) is 6.79 Å². The predicted molar refractivity (Wildman–Crippen MR) is 85.7 cm³/mol. The van der Waals surface area contributed by atoms with E-state index in [1.807, 2.05) is 24.1 Å². The van der Waals surface area contributed by atoms with E-state index in [1.165, 1.54) is 11.7 Å². The summed E-state index contributed by atoms with van der Waals surface area (Å²) in [4.78, 5) is 17.2. The Morgan fingerprint density at radius 2 is 2.12 bits per heavy atom. The lowest BCUT2D eigenvalue weighted by atomic mass is 10.1. The normalized spacial score (nSPS) is 12.1. The van der Waals surface area contributed by atoms with Crippen molar-refractivity contribution in [3.63, 3.8) is 0 Å². The number of amides is 1. The second-order valence-corrected chi connectivity index (χ2v) is 5.45. The van der Waals surface area contributed by atoms with E-state index in [0.29, 0.717) is 23.6 Å². The molecular formula is C16H17N3O6. The number of nitrogens with one attached hydrogen (secondary N) is 1. The van der Waals surface area contributed by atoms with Crippen LogP contribution in [0.15, 0.2) is 24.4 Å². The van der Waals surface area contributed by atoms with Crippen molar-refractivity contribution in [3.05, 3.63) is 41.2 Å². The Labute approximate surface area is 143 Å². The van der Waals surface area contributed by atoms with E-state index >= 15 is 0 Å². The third-order valence-electron chi connectivity index (χ3n) is 3.93. The van der Waals surface area contributed by atoms with Crippen molar-refractivity contribution in [1.82, 2.24) is 10.5 Å². The number of benzene rings is 1. The molecule has 0 radical (unpaired) electrons. The molecule has 0 bridgehead atoms. The monoisotopic (exact) mass is 347 g/mol. The zero-order chi connectivity index (χ0) is 18.0. The number of fused-ring (bicyclic) bond motifs is 1. The Bertz CT molecular complexity index is 811.